The van der Waals surface area contributed by atoms with Crippen LogP contribution in [0.15, 0.2) is 48.8 Å². The van der Waals surface area contributed by atoms with Crippen molar-refractivity contribution < 1.29 is 19.0 Å². The Bertz CT molecular complexity index is 1080. The molecule has 0 saturated heterocycles. The van der Waals surface area contributed by atoms with Gasteiger partial charge < -0.3 is 25.3 Å². The molecule has 10 nitrogen and oxygen atoms in total. The largest absolute Gasteiger partial charge is 0.496 e. The monoisotopic (exact) mass is 438 g/mol. The second-order valence-corrected chi connectivity index (χ2v) is 6.63. The quantitative estimate of drug-likeness (QED) is 0.352. The van der Waals surface area contributed by atoms with E-state index in [1.165, 1.54) is 13.4 Å². The number of anilines is 3. The van der Waals surface area contributed by atoms with Crippen LogP contribution in [-0.4, -0.2) is 43.7 Å². The van der Waals surface area contributed by atoms with Crippen molar-refractivity contribution in [3.8, 4) is 17.2 Å². The Hall–Kier alpha value is -4.21. The molecule has 32 heavy (non-hydrogen) atoms. The zero-order valence-electron chi connectivity index (χ0n) is 18.1. The fraction of sp³-hybridized carbons (Fsp3) is 0.227. The number of ether oxygens (including phenoxy) is 3. The number of amides is 1. The first kappa shape index (κ1) is 22.5. The van der Waals surface area contributed by atoms with E-state index in [4.69, 9.17) is 19.9 Å². The number of benzene rings is 2. The number of carbonyl (C=O) groups is 1. The second kappa shape index (κ2) is 10.7. The summed E-state index contributed by atoms with van der Waals surface area (Å²) >= 11 is 0. The third kappa shape index (κ3) is 5.28. The van der Waals surface area contributed by atoms with Crippen molar-refractivity contribution >= 4 is 23.2 Å². The fourth-order valence-electron chi connectivity index (χ4n) is 3.01. The molecular weight excluding hydrogens is 412 g/mol. The van der Waals surface area contributed by atoms with Crippen LogP contribution >= 0.6 is 0 Å². The zero-order chi connectivity index (χ0) is 22.9. The van der Waals surface area contributed by atoms with Gasteiger partial charge in [0.15, 0.2) is 23.1 Å². The van der Waals surface area contributed by atoms with Gasteiger partial charge in [-0.1, -0.05) is 18.2 Å². The molecule has 0 aliphatic carbocycles. The third-order valence-electron chi connectivity index (χ3n) is 4.68. The topological polar surface area (TPSA) is 133 Å². The van der Waals surface area contributed by atoms with E-state index in [1.807, 2.05) is 18.2 Å². The molecule has 0 saturated carbocycles. The number of para-hydroxylation sites is 1. The number of methoxy groups -OCH3 is 3. The van der Waals surface area contributed by atoms with Crippen LogP contribution in [0.5, 0.6) is 17.2 Å². The summed E-state index contributed by atoms with van der Waals surface area (Å²) in [6.07, 6.45) is 2.06. The predicted molar refractivity (Wildman–Crippen MR) is 122 cm³/mol. The normalized spacial score (nSPS) is 10.2. The molecule has 0 fully saturated rings. The van der Waals surface area contributed by atoms with Gasteiger partial charge in [-0.15, -0.1) is 0 Å². The molecule has 168 valence electrons. The molecule has 0 bridgehead atoms. The minimum absolute atomic E-state index is 0.275. The molecule has 0 aliphatic heterocycles. The number of nitrogens with one attached hydrogen (secondary N) is 3. The number of aromatic nitrogens is 2. The molecule has 0 atom stereocenters. The van der Waals surface area contributed by atoms with Gasteiger partial charge in [-0.3, -0.25) is 15.6 Å². The van der Waals surface area contributed by atoms with Gasteiger partial charge in [-0.2, -0.15) is 0 Å². The lowest BCUT2D eigenvalue weighted by molar-refractivity contribution is 0.0959. The number of rotatable bonds is 10. The SMILES string of the molecule is COc1ccc(CCNc2ncnc(NNC(=O)c3ccccc3OC)c2N)cc1OC. The summed E-state index contributed by atoms with van der Waals surface area (Å²) in [4.78, 5) is 20.7. The molecule has 10 heteroatoms. The highest BCUT2D eigenvalue weighted by Gasteiger charge is 2.13. The number of nitrogens with zero attached hydrogens (tertiary/aromatic N) is 2. The van der Waals surface area contributed by atoms with Gasteiger partial charge in [-0.05, 0) is 36.2 Å². The maximum Gasteiger partial charge on any atom is 0.273 e. The van der Waals surface area contributed by atoms with Crippen molar-refractivity contribution in [3.63, 3.8) is 0 Å². The van der Waals surface area contributed by atoms with Crippen LogP contribution in [0.25, 0.3) is 0 Å². The Morgan fingerprint density at radius 2 is 1.66 bits per heavy atom. The summed E-state index contributed by atoms with van der Waals surface area (Å²) in [5, 5.41) is 3.18. The Morgan fingerprint density at radius 3 is 2.41 bits per heavy atom. The first-order chi connectivity index (χ1) is 15.6. The number of nitrogen functional groups attached to an aromatic ring is 1. The van der Waals surface area contributed by atoms with E-state index in [-0.39, 0.29) is 17.4 Å². The Balaban J connectivity index is 1.60. The molecule has 5 N–H and O–H groups in total. The van der Waals surface area contributed by atoms with Crippen LogP contribution in [0.1, 0.15) is 15.9 Å². The Labute approximate surface area is 186 Å². The van der Waals surface area contributed by atoms with E-state index < -0.39 is 0 Å². The minimum atomic E-state index is -0.386. The van der Waals surface area contributed by atoms with Gasteiger partial charge in [0.2, 0.25) is 0 Å². The zero-order valence-corrected chi connectivity index (χ0v) is 18.1. The summed E-state index contributed by atoms with van der Waals surface area (Å²) in [6.45, 7) is 0.573. The highest BCUT2D eigenvalue weighted by atomic mass is 16.5. The molecule has 0 aliphatic rings. The lowest BCUT2D eigenvalue weighted by atomic mass is 10.1. The van der Waals surface area contributed by atoms with Gasteiger partial charge in [0.25, 0.3) is 5.91 Å². The highest BCUT2D eigenvalue weighted by molar-refractivity contribution is 5.97. The molecule has 0 radical (unpaired) electrons. The van der Waals surface area contributed by atoms with E-state index in [9.17, 15) is 4.79 Å². The molecule has 0 unspecified atom stereocenters. The number of hydrazine groups is 1. The van der Waals surface area contributed by atoms with E-state index in [0.717, 1.165) is 5.56 Å². The third-order valence-corrected chi connectivity index (χ3v) is 4.68. The van der Waals surface area contributed by atoms with Crippen molar-refractivity contribution in [1.29, 1.82) is 0 Å². The summed E-state index contributed by atoms with van der Waals surface area (Å²) < 4.78 is 15.8. The second-order valence-electron chi connectivity index (χ2n) is 6.63. The molecular formula is C22H26N6O4. The van der Waals surface area contributed by atoms with E-state index in [1.54, 1.807) is 38.5 Å². The van der Waals surface area contributed by atoms with Crippen molar-refractivity contribution in [2.45, 2.75) is 6.42 Å². The molecule has 1 amide bonds. The predicted octanol–water partition coefficient (Wildman–Crippen LogP) is 2.50. The Morgan fingerprint density at radius 1 is 0.938 bits per heavy atom. The molecule has 3 aromatic rings. The van der Waals surface area contributed by atoms with Crippen LogP contribution in [-0.2, 0) is 6.42 Å². The smallest absolute Gasteiger partial charge is 0.273 e. The van der Waals surface area contributed by atoms with Gasteiger partial charge in [-0.25, -0.2) is 9.97 Å². The van der Waals surface area contributed by atoms with Crippen LogP contribution in [0.3, 0.4) is 0 Å². The fourth-order valence-corrected chi connectivity index (χ4v) is 3.01. The number of hydrogen-bond acceptors (Lipinski definition) is 9. The average Bonchev–Trinajstić information content (AvgIpc) is 2.83. The van der Waals surface area contributed by atoms with Crippen molar-refractivity contribution in [1.82, 2.24) is 15.4 Å². The summed E-state index contributed by atoms with van der Waals surface area (Å²) in [6, 6.07) is 12.6. The van der Waals surface area contributed by atoms with Crippen molar-refractivity contribution in [2.75, 3.05) is 44.4 Å². The van der Waals surface area contributed by atoms with E-state index in [2.05, 4.69) is 26.1 Å². The first-order valence-electron chi connectivity index (χ1n) is 9.82. The summed E-state index contributed by atoms with van der Waals surface area (Å²) in [5.41, 5.74) is 13.2. The summed E-state index contributed by atoms with van der Waals surface area (Å²) in [7, 11) is 4.70. The lowest BCUT2D eigenvalue weighted by Crippen LogP contribution is -2.30. The van der Waals surface area contributed by atoms with Crippen molar-refractivity contribution in [3.05, 3.63) is 59.9 Å². The molecule has 0 spiro atoms. The standard InChI is InChI=1S/C22H26N6O4/c1-30-16-7-5-4-6-15(16)22(29)28-27-21-19(23)20(25-13-26-21)24-11-10-14-8-9-17(31-2)18(12-14)32-3/h4-9,12-13H,10-11,23H2,1-3H3,(H,28,29)(H2,24,25,26,27). The maximum atomic E-state index is 12.4. The number of carbonyl (C=O) groups excluding carboxylic acids is 1. The highest BCUT2D eigenvalue weighted by Crippen LogP contribution is 2.28. The van der Waals surface area contributed by atoms with Crippen LogP contribution in [0, 0.1) is 0 Å². The van der Waals surface area contributed by atoms with Crippen LogP contribution in [0.2, 0.25) is 0 Å². The molecule has 1 aromatic heterocycles. The molecule has 1 heterocycles. The Kier molecular flexibility index (Phi) is 7.52. The average molecular weight is 438 g/mol. The van der Waals surface area contributed by atoms with Gasteiger partial charge in [0.05, 0.1) is 26.9 Å². The molecule has 3 rings (SSSR count). The van der Waals surface area contributed by atoms with E-state index >= 15 is 0 Å². The van der Waals surface area contributed by atoms with Crippen LogP contribution < -0.4 is 36.1 Å². The van der Waals surface area contributed by atoms with Gasteiger partial charge in [0, 0.05) is 6.54 Å². The number of nitrogens with two attached hydrogens (primary N) is 1. The summed E-state index contributed by atoms with van der Waals surface area (Å²) in [5.74, 6) is 2.15. The van der Waals surface area contributed by atoms with Crippen molar-refractivity contribution in [2.24, 2.45) is 0 Å². The first-order valence-corrected chi connectivity index (χ1v) is 9.82. The van der Waals surface area contributed by atoms with Gasteiger partial charge in [0.1, 0.15) is 17.8 Å². The molecule has 2 aromatic carbocycles. The number of hydrogen-bond donors (Lipinski definition) is 4. The van der Waals surface area contributed by atoms with Gasteiger partial charge >= 0.3 is 0 Å². The lowest BCUT2D eigenvalue weighted by Gasteiger charge is -2.14. The minimum Gasteiger partial charge on any atom is -0.496 e. The maximum absolute atomic E-state index is 12.4. The van der Waals surface area contributed by atoms with E-state index in [0.29, 0.717) is 41.6 Å². The van der Waals surface area contributed by atoms with Crippen LogP contribution in [0.4, 0.5) is 17.3 Å².